The Morgan fingerprint density at radius 1 is 0.518 bits per heavy atom. The van der Waals surface area contributed by atoms with Gasteiger partial charge in [0.25, 0.3) is 0 Å². The number of fused-ring (bicyclic) bond motifs is 4. The lowest BCUT2D eigenvalue weighted by molar-refractivity contribution is -0.115. The summed E-state index contributed by atoms with van der Waals surface area (Å²) >= 11 is 0. The smallest absolute Gasteiger partial charge is 0.221 e. The van der Waals surface area contributed by atoms with E-state index >= 15 is 0 Å². The lowest BCUT2D eigenvalue weighted by atomic mass is 9.61. The molecule has 0 unspecified atom stereocenters. The summed E-state index contributed by atoms with van der Waals surface area (Å²) in [4.78, 5) is 30.6. The van der Waals surface area contributed by atoms with Crippen LogP contribution < -0.4 is 20.4 Å². The van der Waals surface area contributed by atoms with Crippen LogP contribution in [0.1, 0.15) is 90.2 Å². The van der Waals surface area contributed by atoms with Gasteiger partial charge in [0.1, 0.15) is 0 Å². The van der Waals surface area contributed by atoms with Crippen molar-refractivity contribution in [3.8, 4) is 0 Å². The predicted octanol–water partition coefficient (Wildman–Crippen LogP) is 10.1. The first-order chi connectivity index (χ1) is 27.1. The molecule has 0 aliphatic heterocycles. The topological polar surface area (TPSA) is 105 Å². The number of nitrogens with one attached hydrogen (secondary N) is 2. The molecular weight excluding hydrogens is 697 g/mol. The van der Waals surface area contributed by atoms with Gasteiger partial charge in [0.2, 0.25) is 11.8 Å². The van der Waals surface area contributed by atoms with E-state index in [-0.39, 0.29) is 11.8 Å². The van der Waals surface area contributed by atoms with Crippen molar-refractivity contribution in [1.82, 2.24) is 0 Å². The van der Waals surface area contributed by atoms with Gasteiger partial charge in [-0.05, 0) is 106 Å². The third kappa shape index (κ3) is 7.17. The summed E-state index contributed by atoms with van der Waals surface area (Å²) in [7, 11) is 0. The zero-order chi connectivity index (χ0) is 39.7. The molecule has 1 saturated carbocycles. The summed E-state index contributed by atoms with van der Waals surface area (Å²) in [6.45, 7) is 15.1. The van der Waals surface area contributed by atoms with Crippen molar-refractivity contribution in [3.05, 3.63) is 96.1 Å². The largest absolute Gasteiger partial charge is 0.392 e. The van der Waals surface area contributed by atoms with Crippen molar-refractivity contribution in [2.45, 2.75) is 91.3 Å². The molecule has 8 nitrogen and oxygen atoms in total. The van der Waals surface area contributed by atoms with Crippen LogP contribution in [-0.4, -0.2) is 60.4 Å². The highest BCUT2D eigenvalue weighted by molar-refractivity contribution is 6.11. The number of rotatable bonds is 14. The van der Waals surface area contributed by atoms with E-state index in [9.17, 15) is 19.8 Å². The fraction of sp³-hybridized carbons (Fsp3) is 0.375. The van der Waals surface area contributed by atoms with E-state index in [2.05, 4.69) is 96.7 Å². The van der Waals surface area contributed by atoms with Crippen LogP contribution in [0.3, 0.4) is 0 Å². The van der Waals surface area contributed by atoms with Gasteiger partial charge in [0.15, 0.2) is 0 Å². The van der Waals surface area contributed by atoms with Crippen LogP contribution in [0.5, 0.6) is 0 Å². The first kappa shape index (κ1) is 39.1. The van der Waals surface area contributed by atoms with Crippen molar-refractivity contribution >= 4 is 77.7 Å². The van der Waals surface area contributed by atoms with Crippen LogP contribution in [0, 0.1) is 0 Å². The molecule has 292 valence electrons. The number of amides is 2. The normalized spacial score (nSPS) is 18.0. The Morgan fingerprint density at radius 2 is 0.821 bits per heavy atom. The van der Waals surface area contributed by atoms with Gasteiger partial charge in [-0.3, -0.25) is 9.59 Å². The highest BCUT2D eigenvalue weighted by atomic mass is 16.3. The number of aliphatic hydroxyl groups excluding tert-OH is 2. The number of benzene rings is 6. The molecule has 56 heavy (non-hydrogen) atoms. The highest BCUT2D eigenvalue weighted by Crippen LogP contribution is 2.56. The number of nitrogens with zero attached hydrogens (tertiary/aromatic N) is 2. The highest BCUT2D eigenvalue weighted by Gasteiger charge is 2.53. The summed E-state index contributed by atoms with van der Waals surface area (Å²) in [6, 6.07) is 29.3. The molecule has 0 radical (unpaired) electrons. The van der Waals surface area contributed by atoms with Gasteiger partial charge in [-0.1, -0.05) is 76.2 Å². The molecule has 6 aromatic rings. The van der Waals surface area contributed by atoms with Gasteiger partial charge in [0, 0.05) is 85.4 Å². The molecule has 4 N–H and O–H groups in total. The van der Waals surface area contributed by atoms with Crippen LogP contribution >= 0.6 is 0 Å². The van der Waals surface area contributed by atoms with E-state index in [0.717, 1.165) is 117 Å². The first-order valence-corrected chi connectivity index (χ1v) is 20.5. The second-order valence-corrected chi connectivity index (χ2v) is 15.6. The molecule has 6 aromatic carbocycles. The Morgan fingerprint density at radius 3 is 1.11 bits per heavy atom. The zero-order valence-electron chi connectivity index (χ0n) is 33.7. The lowest BCUT2D eigenvalue weighted by Gasteiger charge is -2.49. The summed E-state index contributed by atoms with van der Waals surface area (Å²) in [6.07, 6.45) is 1.78. The maximum absolute atomic E-state index is 12.9. The van der Waals surface area contributed by atoms with Crippen LogP contribution in [0.2, 0.25) is 0 Å². The fourth-order valence-corrected chi connectivity index (χ4v) is 9.23. The van der Waals surface area contributed by atoms with Gasteiger partial charge >= 0.3 is 0 Å². The molecule has 0 saturated heterocycles. The SMILES string of the molecule is CCCN(CCC)c1cc(NC(C)=O)c(C2C(O)C(c3c(NC(C)=O)cc(N(CCC)CCC)c4cc5ccccc5cc34)C2O)c2cc3ccccc3cc12. The van der Waals surface area contributed by atoms with Gasteiger partial charge in [-0.15, -0.1) is 0 Å². The molecule has 0 bridgehead atoms. The van der Waals surface area contributed by atoms with E-state index in [1.165, 1.54) is 13.8 Å². The van der Waals surface area contributed by atoms with E-state index in [1.54, 1.807) is 0 Å². The zero-order valence-corrected chi connectivity index (χ0v) is 33.7. The summed E-state index contributed by atoms with van der Waals surface area (Å²) < 4.78 is 0. The molecule has 2 amide bonds. The Hall–Kier alpha value is -5.18. The van der Waals surface area contributed by atoms with E-state index < -0.39 is 24.0 Å². The number of carbonyl (C=O) groups is 2. The van der Waals surface area contributed by atoms with Gasteiger partial charge < -0.3 is 30.6 Å². The third-order valence-corrected chi connectivity index (χ3v) is 11.5. The van der Waals surface area contributed by atoms with Crippen molar-refractivity contribution < 1.29 is 19.8 Å². The van der Waals surface area contributed by atoms with Crippen LogP contribution in [0.25, 0.3) is 43.1 Å². The molecule has 1 aliphatic carbocycles. The van der Waals surface area contributed by atoms with Gasteiger partial charge in [-0.25, -0.2) is 0 Å². The van der Waals surface area contributed by atoms with Crippen LogP contribution in [0.15, 0.2) is 84.9 Å². The minimum atomic E-state index is -1.03. The molecule has 0 heterocycles. The van der Waals surface area contributed by atoms with Crippen molar-refractivity contribution in [3.63, 3.8) is 0 Å². The molecule has 1 aliphatic rings. The first-order valence-electron chi connectivity index (χ1n) is 20.5. The van der Waals surface area contributed by atoms with Crippen molar-refractivity contribution in [2.75, 3.05) is 46.6 Å². The molecule has 7 rings (SSSR count). The minimum absolute atomic E-state index is 0.222. The number of hydrogen-bond acceptors (Lipinski definition) is 6. The number of hydrogen-bond donors (Lipinski definition) is 4. The average molecular weight is 753 g/mol. The summed E-state index contributed by atoms with van der Waals surface area (Å²) in [5.41, 5.74) is 4.67. The Kier molecular flexibility index (Phi) is 11.5. The molecule has 0 aromatic heterocycles. The maximum atomic E-state index is 12.9. The Balaban J connectivity index is 1.47. The second kappa shape index (κ2) is 16.5. The molecule has 0 atom stereocenters. The summed E-state index contributed by atoms with van der Waals surface area (Å²) in [5.74, 6) is -1.88. The fourth-order valence-electron chi connectivity index (χ4n) is 9.23. The van der Waals surface area contributed by atoms with E-state index in [1.807, 2.05) is 36.4 Å². The Labute approximate surface area is 330 Å². The molecule has 1 fully saturated rings. The number of carbonyl (C=O) groups excluding carboxylic acids is 2. The molecule has 0 spiro atoms. The Bertz CT molecular complexity index is 2240. The third-order valence-electron chi connectivity index (χ3n) is 11.5. The van der Waals surface area contributed by atoms with E-state index in [0.29, 0.717) is 11.4 Å². The van der Waals surface area contributed by atoms with Crippen LogP contribution in [-0.2, 0) is 9.59 Å². The lowest BCUT2D eigenvalue weighted by Crippen LogP contribution is -2.52. The monoisotopic (exact) mass is 752 g/mol. The van der Waals surface area contributed by atoms with Gasteiger partial charge in [-0.2, -0.15) is 0 Å². The number of aliphatic hydroxyl groups is 2. The second-order valence-electron chi connectivity index (χ2n) is 15.6. The van der Waals surface area contributed by atoms with Crippen molar-refractivity contribution in [2.24, 2.45) is 0 Å². The van der Waals surface area contributed by atoms with E-state index in [4.69, 9.17) is 0 Å². The standard InChI is InChI=1S/C48H56N4O4/c1-7-19-51(20-8-2)41-27-39(49-29(5)53)43(37-25-33-17-13-11-15-31(33)23-35(37)41)45-47(55)46(48(45)56)44-38-26-34-18-14-12-16-32(34)24-36(38)42(28-40(44)50-30(6)54)52(21-9-3)22-10-4/h11-18,23-28,45-48,55-56H,7-10,19-22H2,1-6H3,(H,49,53)(H,50,54). The molecule has 8 heteroatoms. The molecular formula is C48H56N4O4. The minimum Gasteiger partial charge on any atom is -0.392 e. The van der Waals surface area contributed by atoms with Gasteiger partial charge in [0.05, 0.1) is 12.2 Å². The average Bonchev–Trinajstić information content (AvgIpc) is 3.17. The quantitative estimate of drug-likeness (QED) is 0.0826. The number of anilines is 4. The van der Waals surface area contributed by atoms with Crippen molar-refractivity contribution in [1.29, 1.82) is 0 Å². The maximum Gasteiger partial charge on any atom is 0.221 e. The summed E-state index contributed by atoms with van der Waals surface area (Å²) in [5, 5.41) is 39.5. The predicted molar refractivity (Wildman–Crippen MR) is 235 cm³/mol. The van der Waals surface area contributed by atoms with Crippen LogP contribution in [0.4, 0.5) is 22.7 Å².